The van der Waals surface area contributed by atoms with Crippen LogP contribution in [0.25, 0.3) is 27.5 Å². The number of nitrogens with zero attached hydrogens (tertiary/aromatic N) is 4. The maximum absolute atomic E-state index is 14.9. The van der Waals surface area contributed by atoms with E-state index < -0.39 is 23.1 Å². The van der Waals surface area contributed by atoms with Crippen molar-refractivity contribution in [1.82, 2.24) is 14.8 Å². The van der Waals surface area contributed by atoms with Crippen molar-refractivity contribution in [2.24, 2.45) is 11.1 Å². The van der Waals surface area contributed by atoms with Crippen LogP contribution < -0.4 is 10.0 Å². The summed E-state index contributed by atoms with van der Waals surface area (Å²) >= 11 is 1.29. The molecule has 1 unspecified atom stereocenters. The summed E-state index contributed by atoms with van der Waals surface area (Å²) in [4.78, 5) is 6.48. The lowest BCUT2D eigenvalue weighted by molar-refractivity contribution is -0.0454. The molecule has 1 atom stereocenters. The molecule has 0 amide bonds. The van der Waals surface area contributed by atoms with Crippen molar-refractivity contribution in [3.63, 3.8) is 0 Å². The smallest absolute Gasteiger partial charge is 0.210 e. The first-order valence-electron chi connectivity index (χ1n) is 13.9. The number of thiazole rings is 1. The van der Waals surface area contributed by atoms with Crippen LogP contribution in [0.5, 0.6) is 0 Å². The van der Waals surface area contributed by atoms with Crippen LogP contribution in [0.2, 0.25) is 0 Å². The summed E-state index contributed by atoms with van der Waals surface area (Å²) in [5, 5.41) is 32.1. The first-order valence-corrected chi connectivity index (χ1v) is 16.0. The van der Waals surface area contributed by atoms with Crippen molar-refractivity contribution in [2.75, 3.05) is 19.0 Å². The van der Waals surface area contributed by atoms with Crippen molar-refractivity contribution in [3.8, 4) is 27.5 Å². The van der Waals surface area contributed by atoms with Crippen LogP contribution in [0.1, 0.15) is 41.6 Å². The monoisotopic (exact) mass is 617 g/mol. The van der Waals surface area contributed by atoms with Crippen LogP contribution in [0, 0.1) is 11.7 Å². The maximum Gasteiger partial charge on any atom is 0.210 e. The number of anilines is 1. The van der Waals surface area contributed by atoms with Gasteiger partial charge in [0.15, 0.2) is 6.29 Å². The van der Waals surface area contributed by atoms with Crippen LogP contribution in [-0.4, -0.2) is 43.3 Å². The van der Waals surface area contributed by atoms with Gasteiger partial charge in [-0.25, -0.2) is 23.4 Å². The average Bonchev–Trinajstić information content (AvgIpc) is 3.55. The second-order valence-electron chi connectivity index (χ2n) is 11.0. The third-order valence-corrected chi connectivity index (χ3v) is 9.27. The molecule has 4 N–H and O–H groups in total. The molecule has 6 rings (SSSR count). The zero-order chi connectivity index (χ0) is 30.2. The second kappa shape index (κ2) is 12.1. The van der Waals surface area contributed by atoms with Gasteiger partial charge in [0.05, 0.1) is 16.3 Å². The van der Waals surface area contributed by atoms with E-state index in [4.69, 9.17) is 10.2 Å². The Balaban J connectivity index is 1.49. The molecule has 1 aliphatic rings. The molecular weight excluding hydrogens is 586 g/mol. The molecule has 0 aliphatic heterocycles. The van der Waals surface area contributed by atoms with Crippen LogP contribution >= 0.6 is 11.3 Å². The van der Waals surface area contributed by atoms with E-state index in [-0.39, 0.29) is 10.6 Å². The number of benzene rings is 3. The normalized spacial score (nSPS) is 13.9. The van der Waals surface area contributed by atoms with Gasteiger partial charge < -0.3 is 15.1 Å². The topological polar surface area (TPSA) is 118 Å². The Morgan fingerprint density at radius 1 is 1.07 bits per heavy atom. The predicted molar refractivity (Wildman–Crippen MR) is 168 cm³/mol. The first kappa shape index (κ1) is 29.3. The lowest BCUT2D eigenvalue weighted by atomic mass is 9.95. The minimum absolute atomic E-state index is 0.0382. The Bertz CT molecular complexity index is 1800. The van der Waals surface area contributed by atoms with Gasteiger partial charge in [0.1, 0.15) is 22.5 Å². The fourth-order valence-corrected chi connectivity index (χ4v) is 6.44. The molecule has 0 spiro atoms. The highest BCUT2D eigenvalue weighted by Crippen LogP contribution is 2.39. The number of halogens is 1. The number of hydrogen-bond donors (Lipinski definition) is 3. The summed E-state index contributed by atoms with van der Waals surface area (Å²) in [5.41, 5.74) is 7.62. The minimum Gasteiger partial charge on any atom is -0.378 e. The Morgan fingerprint density at radius 2 is 1.81 bits per heavy atom. The van der Waals surface area contributed by atoms with Gasteiger partial charge in [-0.05, 0) is 72.2 Å². The summed E-state index contributed by atoms with van der Waals surface area (Å²) in [6.07, 6.45) is 1.69. The molecule has 5 aromatic rings. The minimum atomic E-state index is -1.92. The summed E-state index contributed by atoms with van der Waals surface area (Å²) in [6, 6.07) is 21.1. The Labute approximate surface area is 255 Å². The van der Waals surface area contributed by atoms with E-state index >= 15 is 0 Å². The first-order chi connectivity index (χ1) is 20.7. The summed E-state index contributed by atoms with van der Waals surface area (Å²) in [5.74, 6) is -0.106. The third kappa shape index (κ3) is 6.31. The summed E-state index contributed by atoms with van der Waals surface area (Å²) < 4.78 is 28.4. The van der Waals surface area contributed by atoms with Crippen molar-refractivity contribution < 1.29 is 18.8 Å². The molecule has 1 aliphatic carbocycles. The molecule has 1 fully saturated rings. The third-order valence-electron chi connectivity index (χ3n) is 7.67. The number of rotatable bonds is 10. The molecule has 0 saturated heterocycles. The van der Waals surface area contributed by atoms with Gasteiger partial charge >= 0.3 is 0 Å². The largest absolute Gasteiger partial charge is 0.378 e. The van der Waals surface area contributed by atoms with Crippen molar-refractivity contribution in [2.45, 2.75) is 36.9 Å². The van der Waals surface area contributed by atoms with Gasteiger partial charge in [0.25, 0.3) is 0 Å². The molecule has 8 nitrogen and oxygen atoms in total. The highest BCUT2D eigenvalue weighted by Gasteiger charge is 2.29. The number of nitrogens with two attached hydrogens (primary N) is 1. The number of hydrogen-bond acceptors (Lipinski definition) is 7. The summed E-state index contributed by atoms with van der Waals surface area (Å²) in [6.45, 7) is 0. The molecule has 1 saturated carbocycles. The molecule has 2 heterocycles. The quantitative estimate of drug-likeness (QED) is 0.181. The Hall–Kier alpha value is -3.74. The van der Waals surface area contributed by atoms with E-state index in [1.807, 2.05) is 26.2 Å². The van der Waals surface area contributed by atoms with Gasteiger partial charge in [-0.1, -0.05) is 36.4 Å². The number of aromatic nitrogens is 3. The zero-order valence-corrected chi connectivity index (χ0v) is 25.4. The number of aliphatic hydroxyl groups is 2. The van der Waals surface area contributed by atoms with Gasteiger partial charge in [0.2, 0.25) is 5.13 Å². The molecule has 2 aromatic heterocycles. The molecule has 0 bridgehead atoms. The van der Waals surface area contributed by atoms with Gasteiger partial charge in [-0.15, -0.1) is 11.3 Å². The predicted octanol–water partition coefficient (Wildman–Crippen LogP) is 5.38. The highest BCUT2D eigenvalue weighted by molar-refractivity contribution is 7.82. The maximum atomic E-state index is 14.9. The van der Waals surface area contributed by atoms with Gasteiger partial charge in [-0.3, -0.25) is 0 Å². The molecule has 222 valence electrons. The van der Waals surface area contributed by atoms with Crippen LogP contribution in [-0.2, 0) is 23.8 Å². The average molecular weight is 618 g/mol. The van der Waals surface area contributed by atoms with E-state index in [1.165, 1.54) is 23.5 Å². The second-order valence-corrected chi connectivity index (χ2v) is 12.9. The van der Waals surface area contributed by atoms with Gasteiger partial charge in [-0.2, -0.15) is 5.10 Å². The van der Waals surface area contributed by atoms with E-state index in [2.05, 4.69) is 46.3 Å². The van der Waals surface area contributed by atoms with Crippen LogP contribution in [0.15, 0.2) is 77.0 Å². The van der Waals surface area contributed by atoms with E-state index in [1.54, 1.807) is 16.1 Å². The van der Waals surface area contributed by atoms with Crippen LogP contribution in [0.4, 0.5) is 10.1 Å². The molecule has 43 heavy (non-hydrogen) atoms. The standard InChI is InChI=1S/C32H32FN5O3S2/c1-37(2)24-11-9-21(10-12-24)22-4-3-5-23(17-22)30-25(14-20-8-13-29(43(34)41)26(33)15-20)28(16-19-6-7-19)38(36-30)32-35-27(18-42-32)31(39)40/h3-5,8-13,15,17-19,31,39-40H,6-7,14,16,34H2,1-2H3. The van der Waals surface area contributed by atoms with Crippen LogP contribution in [0.3, 0.4) is 0 Å². The summed E-state index contributed by atoms with van der Waals surface area (Å²) in [7, 11) is 2.09. The van der Waals surface area contributed by atoms with E-state index in [9.17, 15) is 18.8 Å². The fourth-order valence-electron chi connectivity index (χ4n) is 5.18. The SMILES string of the molecule is CN(C)c1ccc(-c2cccc(-c3nn(-c4nc(C(O)O)cs4)c(CC4CC4)c3Cc3ccc(S(N)=O)c(F)c3)c2)cc1. The Morgan fingerprint density at radius 3 is 2.44 bits per heavy atom. The molecule has 0 radical (unpaired) electrons. The van der Waals surface area contributed by atoms with E-state index in [0.29, 0.717) is 23.0 Å². The van der Waals surface area contributed by atoms with Crippen molar-refractivity contribution in [1.29, 1.82) is 0 Å². The molecule has 11 heteroatoms. The Kier molecular flexibility index (Phi) is 8.25. The van der Waals surface area contributed by atoms with E-state index in [0.717, 1.165) is 58.6 Å². The highest BCUT2D eigenvalue weighted by atomic mass is 32.2. The lowest BCUT2D eigenvalue weighted by Gasteiger charge is -2.13. The van der Waals surface area contributed by atoms with Crippen molar-refractivity contribution >= 4 is 28.0 Å². The number of aliphatic hydroxyl groups excluding tert-OH is 1. The fraction of sp³-hybridized carbons (Fsp3) is 0.250. The lowest BCUT2D eigenvalue weighted by Crippen LogP contribution is -2.07. The van der Waals surface area contributed by atoms with Crippen molar-refractivity contribution in [3.05, 3.63) is 100 Å². The zero-order valence-electron chi connectivity index (χ0n) is 23.8. The van der Waals surface area contributed by atoms with Gasteiger partial charge in [0, 0.05) is 42.7 Å². The molecular formula is C32H32FN5O3S2. The molecule has 3 aromatic carbocycles.